The van der Waals surface area contributed by atoms with Gasteiger partial charge < -0.3 is 20.2 Å². The Morgan fingerprint density at radius 1 is 1.23 bits per heavy atom. The lowest BCUT2D eigenvalue weighted by atomic mass is 9.97. The number of piperazine rings is 1. The third-order valence-electron chi connectivity index (χ3n) is 5.76. The molecule has 142 valence electrons. The predicted octanol–water partition coefficient (Wildman–Crippen LogP) is 1.49. The minimum Gasteiger partial charge on any atom is -0.508 e. The van der Waals surface area contributed by atoms with Gasteiger partial charge in [-0.25, -0.2) is 0 Å². The number of amides is 1. The molecule has 3 rings (SSSR count). The maximum Gasteiger partial charge on any atom is 0.278 e. The second-order valence-electron chi connectivity index (χ2n) is 7.53. The van der Waals surface area contributed by atoms with Gasteiger partial charge in [-0.05, 0) is 63.3 Å². The van der Waals surface area contributed by atoms with Crippen molar-refractivity contribution in [2.75, 3.05) is 37.6 Å². The number of quaternary nitrogens is 1. The number of carbonyl (C=O) groups is 1. The Hall–Kier alpha value is -2.01. The highest BCUT2D eigenvalue weighted by Crippen LogP contribution is 2.19. The van der Waals surface area contributed by atoms with Crippen LogP contribution in [0.2, 0.25) is 0 Å². The van der Waals surface area contributed by atoms with Crippen LogP contribution < -0.4 is 15.1 Å². The summed E-state index contributed by atoms with van der Waals surface area (Å²) in [6.45, 7) is 6.60. The topological polar surface area (TPSA) is 57.0 Å². The second kappa shape index (κ2) is 9.08. The lowest BCUT2D eigenvalue weighted by molar-refractivity contribution is -0.914. The van der Waals surface area contributed by atoms with Crippen molar-refractivity contribution in [1.82, 2.24) is 5.32 Å². The molecular formula is C21H32N3O2+. The van der Waals surface area contributed by atoms with Gasteiger partial charge in [0.2, 0.25) is 0 Å². The number of hydrogen-bond donors (Lipinski definition) is 3. The molecule has 1 fully saturated rings. The highest BCUT2D eigenvalue weighted by molar-refractivity contribution is 5.79. The van der Waals surface area contributed by atoms with Crippen molar-refractivity contribution < 1.29 is 14.8 Å². The van der Waals surface area contributed by atoms with E-state index in [4.69, 9.17) is 0 Å². The largest absolute Gasteiger partial charge is 0.508 e. The van der Waals surface area contributed by atoms with E-state index in [1.807, 2.05) is 19.1 Å². The number of benzene rings is 1. The standard InChI is InChI=1S/C21H31N3O2/c1-17(21(26)22-12-11-18-5-3-2-4-6-18)23-13-15-24(16-14-23)19-7-9-20(25)10-8-19/h5,7-10,17,25H,2-4,6,11-16H2,1H3,(H,22,26)/p+1/t17-/m0/s1. The normalized spacial score (nSPS) is 19.7. The summed E-state index contributed by atoms with van der Waals surface area (Å²) < 4.78 is 0. The van der Waals surface area contributed by atoms with Crippen LogP contribution in [-0.4, -0.2) is 49.8 Å². The van der Waals surface area contributed by atoms with Crippen molar-refractivity contribution in [1.29, 1.82) is 0 Å². The molecule has 1 amide bonds. The first kappa shape index (κ1) is 18.8. The minimum absolute atomic E-state index is 0.00250. The number of hydrogen-bond acceptors (Lipinski definition) is 3. The molecule has 1 aliphatic carbocycles. The molecule has 1 saturated heterocycles. The third-order valence-corrected chi connectivity index (χ3v) is 5.76. The number of rotatable bonds is 6. The first-order valence-corrected chi connectivity index (χ1v) is 9.97. The van der Waals surface area contributed by atoms with Crippen molar-refractivity contribution >= 4 is 11.6 Å². The molecule has 0 saturated carbocycles. The number of anilines is 1. The Balaban J connectivity index is 1.41. The van der Waals surface area contributed by atoms with Crippen LogP contribution in [0.4, 0.5) is 5.69 Å². The van der Waals surface area contributed by atoms with Crippen molar-refractivity contribution in [3.63, 3.8) is 0 Å². The number of nitrogens with zero attached hydrogens (tertiary/aromatic N) is 1. The number of aromatic hydroxyl groups is 1. The molecular weight excluding hydrogens is 326 g/mol. The highest BCUT2D eigenvalue weighted by atomic mass is 16.3. The van der Waals surface area contributed by atoms with Gasteiger partial charge in [0, 0.05) is 12.2 Å². The van der Waals surface area contributed by atoms with Crippen molar-refractivity contribution in [3.05, 3.63) is 35.9 Å². The van der Waals surface area contributed by atoms with Gasteiger partial charge in [-0.15, -0.1) is 0 Å². The molecule has 3 N–H and O–H groups in total. The number of phenolic OH excluding ortho intramolecular Hbond substituents is 1. The fourth-order valence-corrected chi connectivity index (χ4v) is 3.97. The summed E-state index contributed by atoms with van der Waals surface area (Å²) in [5.41, 5.74) is 2.65. The van der Waals surface area contributed by atoms with Gasteiger partial charge in [-0.1, -0.05) is 11.6 Å². The summed E-state index contributed by atoms with van der Waals surface area (Å²) in [6, 6.07) is 7.36. The Morgan fingerprint density at radius 2 is 1.96 bits per heavy atom. The Bertz CT molecular complexity index is 619. The number of carbonyl (C=O) groups excluding carboxylic acids is 1. The number of phenols is 1. The monoisotopic (exact) mass is 358 g/mol. The fourth-order valence-electron chi connectivity index (χ4n) is 3.97. The molecule has 1 atom stereocenters. The van der Waals surface area contributed by atoms with Gasteiger partial charge in [0.25, 0.3) is 5.91 Å². The summed E-state index contributed by atoms with van der Waals surface area (Å²) >= 11 is 0. The SMILES string of the molecule is C[C@@H](C(=O)NCCC1=CCCCC1)[NH+]1CCN(c2ccc(O)cc2)CC1. The molecule has 1 aromatic rings. The van der Waals surface area contributed by atoms with Crippen LogP contribution in [-0.2, 0) is 4.79 Å². The molecule has 5 heteroatoms. The van der Waals surface area contributed by atoms with Gasteiger partial charge in [-0.3, -0.25) is 4.79 Å². The fraction of sp³-hybridized carbons (Fsp3) is 0.571. The van der Waals surface area contributed by atoms with Crippen LogP contribution in [0.15, 0.2) is 35.9 Å². The Kier molecular flexibility index (Phi) is 6.56. The van der Waals surface area contributed by atoms with E-state index in [1.54, 1.807) is 12.1 Å². The van der Waals surface area contributed by atoms with Gasteiger partial charge in [0.05, 0.1) is 26.2 Å². The van der Waals surface area contributed by atoms with E-state index in [1.165, 1.54) is 36.2 Å². The minimum atomic E-state index is -0.00250. The second-order valence-corrected chi connectivity index (χ2v) is 7.53. The van der Waals surface area contributed by atoms with E-state index in [0.29, 0.717) is 5.75 Å². The summed E-state index contributed by atoms with van der Waals surface area (Å²) in [6.07, 6.45) is 8.37. The van der Waals surface area contributed by atoms with Crippen LogP contribution >= 0.6 is 0 Å². The lowest BCUT2D eigenvalue weighted by Gasteiger charge is -2.36. The third kappa shape index (κ3) is 5.01. The van der Waals surface area contributed by atoms with E-state index in [9.17, 15) is 9.90 Å². The van der Waals surface area contributed by atoms with E-state index >= 15 is 0 Å². The van der Waals surface area contributed by atoms with Gasteiger partial charge in [0.1, 0.15) is 5.75 Å². The van der Waals surface area contributed by atoms with Crippen LogP contribution in [0.1, 0.15) is 39.0 Å². The molecule has 5 nitrogen and oxygen atoms in total. The summed E-state index contributed by atoms with van der Waals surface area (Å²) in [7, 11) is 0. The lowest BCUT2D eigenvalue weighted by Crippen LogP contribution is -3.19. The molecule has 1 aromatic carbocycles. The highest BCUT2D eigenvalue weighted by Gasteiger charge is 2.29. The van der Waals surface area contributed by atoms with Crippen LogP contribution in [0.25, 0.3) is 0 Å². The van der Waals surface area contributed by atoms with Crippen LogP contribution in [0.5, 0.6) is 5.75 Å². The summed E-state index contributed by atoms with van der Waals surface area (Å²) in [4.78, 5) is 16.2. The number of allylic oxidation sites excluding steroid dienone is 1. The van der Waals surface area contributed by atoms with Gasteiger partial charge >= 0.3 is 0 Å². The van der Waals surface area contributed by atoms with E-state index in [0.717, 1.165) is 44.8 Å². The maximum atomic E-state index is 12.5. The van der Waals surface area contributed by atoms with Crippen molar-refractivity contribution in [3.8, 4) is 5.75 Å². The average Bonchev–Trinajstić information content (AvgIpc) is 2.69. The molecule has 2 aliphatic rings. The maximum absolute atomic E-state index is 12.5. The molecule has 26 heavy (non-hydrogen) atoms. The smallest absolute Gasteiger partial charge is 0.278 e. The Labute approximate surface area is 156 Å². The zero-order valence-corrected chi connectivity index (χ0v) is 15.8. The molecule has 1 heterocycles. The summed E-state index contributed by atoms with van der Waals surface area (Å²) in [5, 5.41) is 12.5. The first-order valence-electron chi connectivity index (χ1n) is 9.97. The van der Waals surface area contributed by atoms with Crippen molar-refractivity contribution in [2.45, 2.75) is 45.1 Å². The molecule has 0 spiro atoms. The molecule has 0 radical (unpaired) electrons. The van der Waals surface area contributed by atoms with Crippen LogP contribution in [0, 0.1) is 0 Å². The molecule has 1 aliphatic heterocycles. The average molecular weight is 359 g/mol. The first-order chi connectivity index (χ1) is 12.6. The van der Waals surface area contributed by atoms with Crippen molar-refractivity contribution in [2.24, 2.45) is 0 Å². The molecule has 0 unspecified atom stereocenters. The van der Waals surface area contributed by atoms with E-state index < -0.39 is 0 Å². The van der Waals surface area contributed by atoms with Crippen LogP contribution in [0.3, 0.4) is 0 Å². The predicted molar refractivity (Wildman–Crippen MR) is 105 cm³/mol. The zero-order valence-electron chi connectivity index (χ0n) is 15.8. The summed E-state index contributed by atoms with van der Waals surface area (Å²) in [5.74, 6) is 0.474. The Morgan fingerprint density at radius 3 is 2.62 bits per heavy atom. The molecule has 0 bridgehead atoms. The number of nitrogens with one attached hydrogen (secondary N) is 2. The van der Waals surface area contributed by atoms with E-state index in [2.05, 4.69) is 16.3 Å². The van der Waals surface area contributed by atoms with Gasteiger partial charge in [0.15, 0.2) is 6.04 Å². The van der Waals surface area contributed by atoms with Gasteiger partial charge in [-0.2, -0.15) is 0 Å². The van der Waals surface area contributed by atoms with E-state index in [-0.39, 0.29) is 11.9 Å². The zero-order chi connectivity index (χ0) is 18.4. The molecule has 0 aromatic heterocycles. The quantitative estimate of drug-likeness (QED) is 0.676.